The van der Waals surface area contributed by atoms with Gasteiger partial charge in [-0.05, 0) is 38.5 Å². The second-order valence-corrected chi connectivity index (χ2v) is 6.39. The van der Waals surface area contributed by atoms with Gasteiger partial charge in [0.1, 0.15) is 23.8 Å². The van der Waals surface area contributed by atoms with E-state index in [9.17, 15) is 9.59 Å². The van der Waals surface area contributed by atoms with E-state index in [1.165, 1.54) is 0 Å². The SMILES string of the molecule is CC(C)(C)OC(=O)Cn1cc(CC(N)C(=O)O)c2cccnc21. The van der Waals surface area contributed by atoms with Crippen LogP contribution in [0.1, 0.15) is 26.3 Å². The fraction of sp³-hybridized carbons (Fsp3) is 0.438. The molecule has 7 heteroatoms. The first-order valence-corrected chi connectivity index (χ1v) is 7.30. The maximum absolute atomic E-state index is 12.0. The summed E-state index contributed by atoms with van der Waals surface area (Å²) < 4.78 is 6.97. The first-order valence-electron chi connectivity index (χ1n) is 7.30. The van der Waals surface area contributed by atoms with E-state index in [2.05, 4.69) is 4.98 Å². The number of fused-ring (bicyclic) bond motifs is 1. The van der Waals surface area contributed by atoms with Crippen LogP contribution in [0.2, 0.25) is 0 Å². The van der Waals surface area contributed by atoms with Crippen molar-refractivity contribution < 1.29 is 19.4 Å². The van der Waals surface area contributed by atoms with Crippen molar-refractivity contribution in [3.8, 4) is 0 Å². The molecule has 0 saturated carbocycles. The molecule has 124 valence electrons. The highest BCUT2D eigenvalue weighted by molar-refractivity contribution is 5.83. The molecule has 0 radical (unpaired) electrons. The second kappa shape index (κ2) is 6.37. The lowest BCUT2D eigenvalue weighted by molar-refractivity contribution is -0.155. The summed E-state index contributed by atoms with van der Waals surface area (Å²) in [6.07, 6.45) is 3.50. The molecule has 0 aliphatic rings. The van der Waals surface area contributed by atoms with Gasteiger partial charge >= 0.3 is 11.9 Å². The highest BCUT2D eigenvalue weighted by atomic mass is 16.6. The highest BCUT2D eigenvalue weighted by Crippen LogP contribution is 2.21. The van der Waals surface area contributed by atoms with Crippen molar-refractivity contribution in [2.75, 3.05) is 0 Å². The van der Waals surface area contributed by atoms with E-state index in [-0.39, 0.29) is 18.9 Å². The Hall–Kier alpha value is -2.41. The van der Waals surface area contributed by atoms with Gasteiger partial charge in [0.05, 0.1) is 0 Å². The quantitative estimate of drug-likeness (QED) is 0.805. The molecular formula is C16H21N3O4. The Morgan fingerprint density at radius 2 is 2.13 bits per heavy atom. The fourth-order valence-electron chi connectivity index (χ4n) is 2.32. The lowest BCUT2D eigenvalue weighted by Gasteiger charge is -2.19. The summed E-state index contributed by atoms with van der Waals surface area (Å²) >= 11 is 0. The van der Waals surface area contributed by atoms with Gasteiger partial charge in [-0.25, -0.2) is 4.98 Å². The molecule has 1 unspecified atom stereocenters. The number of carbonyl (C=O) groups excluding carboxylic acids is 1. The number of esters is 1. The average Bonchev–Trinajstić information content (AvgIpc) is 2.75. The summed E-state index contributed by atoms with van der Waals surface area (Å²) in [5.74, 6) is -1.45. The van der Waals surface area contributed by atoms with Gasteiger partial charge in [-0.2, -0.15) is 0 Å². The number of nitrogens with two attached hydrogens (primary N) is 1. The van der Waals surface area contributed by atoms with Gasteiger partial charge < -0.3 is 20.1 Å². The van der Waals surface area contributed by atoms with E-state index in [1.54, 1.807) is 43.8 Å². The molecule has 0 bridgehead atoms. The van der Waals surface area contributed by atoms with E-state index in [0.29, 0.717) is 5.65 Å². The number of pyridine rings is 1. The molecule has 0 spiro atoms. The van der Waals surface area contributed by atoms with Gasteiger partial charge in [0, 0.05) is 24.2 Å². The minimum atomic E-state index is -1.07. The molecule has 0 amide bonds. The summed E-state index contributed by atoms with van der Waals surface area (Å²) in [4.78, 5) is 27.3. The van der Waals surface area contributed by atoms with Gasteiger partial charge in [0.25, 0.3) is 0 Å². The normalized spacial score (nSPS) is 13.0. The number of rotatable bonds is 5. The average molecular weight is 319 g/mol. The number of ether oxygens (including phenoxy) is 1. The largest absolute Gasteiger partial charge is 0.480 e. The number of carboxylic acids is 1. The zero-order valence-corrected chi connectivity index (χ0v) is 13.4. The van der Waals surface area contributed by atoms with E-state index in [1.807, 2.05) is 6.07 Å². The fourth-order valence-corrected chi connectivity index (χ4v) is 2.32. The molecule has 23 heavy (non-hydrogen) atoms. The zero-order chi connectivity index (χ0) is 17.2. The highest BCUT2D eigenvalue weighted by Gasteiger charge is 2.20. The third-order valence-electron chi connectivity index (χ3n) is 3.19. The Morgan fingerprint density at radius 3 is 2.74 bits per heavy atom. The van der Waals surface area contributed by atoms with Crippen LogP contribution in [0, 0.1) is 0 Å². The van der Waals surface area contributed by atoms with Crippen LogP contribution in [-0.2, 0) is 27.3 Å². The monoisotopic (exact) mass is 319 g/mol. The van der Waals surface area contributed by atoms with E-state index < -0.39 is 17.6 Å². The molecule has 0 saturated heterocycles. The van der Waals surface area contributed by atoms with Crippen LogP contribution in [0.3, 0.4) is 0 Å². The second-order valence-electron chi connectivity index (χ2n) is 6.39. The first kappa shape index (κ1) is 17.0. The third kappa shape index (κ3) is 4.29. The predicted octanol–water partition coefficient (Wildman–Crippen LogP) is 1.33. The molecule has 2 heterocycles. The Morgan fingerprint density at radius 1 is 1.43 bits per heavy atom. The Bertz CT molecular complexity index is 730. The molecule has 0 fully saturated rings. The third-order valence-corrected chi connectivity index (χ3v) is 3.19. The first-order chi connectivity index (χ1) is 10.7. The molecule has 2 aromatic heterocycles. The minimum Gasteiger partial charge on any atom is -0.480 e. The predicted molar refractivity (Wildman–Crippen MR) is 84.9 cm³/mol. The van der Waals surface area contributed by atoms with E-state index in [0.717, 1.165) is 10.9 Å². The summed E-state index contributed by atoms with van der Waals surface area (Å²) in [5.41, 5.74) is 6.39. The maximum atomic E-state index is 12.0. The summed E-state index contributed by atoms with van der Waals surface area (Å²) in [6, 6.07) is 2.59. The summed E-state index contributed by atoms with van der Waals surface area (Å²) in [7, 11) is 0. The molecule has 0 aliphatic heterocycles. The summed E-state index contributed by atoms with van der Waals surface area (Å²) in [5, 5.41) is 9.76. The molecule has 2 rings (SSSR count). The van der Waals surface area contributed by atoms with Crippen molar-refractivity contribution in [2.24, 2.45) is 5.73 Å². The van der Waals surface area contributed by atoms with Crippen molar-refractivity contribution in [3.63, 3.8) is 0 Å². The van der Waals surface area contributed by atoms with Crippen LogP contribution in [-0.4, -0.2) is 38.2 Å². The van der Waals surface area contributed by atoms with Gasteiger partial charge in [0.2, 0.25) is 0 Å². The van der Waals surface area contributed by atoms with Crippen LogP contribution in [0.15, 0.2) is 24.5 Å². The topological polar surface area (TPSA) is 107 Å². The molecule has 3 N–H and O–H groups in total. The molecule has 0 aliphatic carbocycles. The van der Waals surface area contributed by atoms with Crippen LogP contribution in [0.5, 0.6) is 0 Å². The zero-order valence-electron chi connectivity index (χ0n) is 13.4. The number of nitrogens with zero attached hydrogens (tertiary/aromatic N) is 2. The molecule has 1 atom stereocenters. The van der Waals surface area contributed by atoms with Gasteiger partial charge in [0.15, 0.2) is 0 Å². The van der Waals surface area contributed by atoms with Gasteiger partial charge in [-0.1, -0.05) is 0 Å². The number of hydrogen-bond donors (Lipinski definition) is 2. The van der Waals surface area contributed by atoms with Crippen LogP contribution in [0.25, 0.3) is 11.0 Å². The van der Waals surface area contributed by atoms with Crippen molar-refractivity contribution in [1.29, 1.82) is 0 Å². The standard InChI is InChI=1S/C16H21N3O4/c1-16(2,3)23-13(20)9-19-8-10(7-12(17)15(21)22)11-5-4-6-18-14(11)19/h4-6,8,12H,7,9,17H2,1-3H3,(H,21,22). The maximum Gasteiger partial charge on any atom is 0.326 e. The number of carboxylic acid groups (broad SMARTS) is 1. The van der Waals surface area contributed by atoms with E-state index in [4.69, 9.17) is 15.6 Å². The molecule has 7 nitrogen and oxygen atoms in total. The van der Waals surface area contributed by atoms with Crippen molar-refractivity contribution >= 4 is 23.0 Å². The number of hydrogen-bond acceptors (Lipinski definition) is 5. The van der Waals surface area contributed by atoms with Crippen LogP contribution < -0.4 is 5.73 Å². The Balaban J connectivity index is 2.30. The Kier molecular flexibility index (Phi) is 4.70. The lowest BCUT2D eigenvalue weighted by Crippen LogP contribution is -2.32. The smallest absolute Gasteiger partial charge is 0.326 e. The summed E-state index contributed by atoms with van der Waals surface area (Å²) in [6.45, 7) is 5.41. The minimum absolute atomic E-state index is 0.00704. The van der Waals surface area contributed by atoms with Gasteiger partial charge in [-0.3, -0.25) is 9.59 Å². The van der Waals surface area contributed by atoms with Crippen LogP contribution in [0.4, 0.5) is 0 Å². The Labute approximate surface area is 134 Å². The number of aliphatic carboxylic acids is 1. The van der Waals surface area contributed by atoms with Gasteiger partial charge in [-0.15, -0.1) is 0 Å². The molecule has 0 aromatic carbocycles. The number of carbonyl (C=O) groups is 2. The molecular weight excluding hydrogens is 298 g/mol. The lowest BCUT2D eigenvalue weighted by atomic mass is 10.1. The van der Waals surface area contributed by atoms with Crippen LogP contribution >= 0.6 is 0 Å². The molecule has 2 aromatic rings. The van der Waals surface area contributed by atoms with Crippen molar-refractivity contribution in [3.05, 3.63) is 30.1 Å². The van der Waals surface area contributed by atoms with E-state index >= 15 is 0 Å². The number of aromatic nitrogens is 2. The van der Waals surface area contributed by atoms with Crippen molar-refractivity contribution in [2.45, 2.75) is 45.4 Å². The van der Waals surface area contributed by atoms with Crippen molar-refractivity contribution in [1.82, 2.24) is 9.55 Å².